The average molecular weight is 351 g/mol. The van der Waals surface area contributed by atoms with Crippen molar-refractivity contribution >= 4 is 22.4 Å². The Bertz CT molecular complexity index is 812. The molecular formula is C20H21N3OS. The first-order valence-electron chi connectivity index (χ1n) is 8.48. The van der Waals surface area contributed by atoms with E-state index >= 15 is 0 Å². The number of pyridine rings is 1. The largest absolute Gasteiger partial charge is 0.302 e. The minimum atomic E-state index is -0.0478. The molecule has 0 radical (unpaired) electrons. The molecule has 2 heterocycles. The van der Waals surface area contributed by atoms with Gasteiger partial charge in [0.2, 0.25) is 5.91 Å². The fraction of sp³-hybridized carbons (Fsp3) is 0.250. The highest BCUT2D eigenvalue weighted by molar-refractivity contribution is 7.14. The van der Waals surface area contributed by atoms with Crippen molar-refractivity contribution in [2.24, 2.45) is 0 Å². The third-order valence-corrected chi connectivity index (χ3v) is 4.67. The van der Waals surface area contributed by atoms with E-state index in [4.69, 9.17) is 0 Å². The molecule has 0 fully saturated rings. The van der Waals surface area contributed by atoms with Crippen molar-refractivity contribution in [3.63, 3.8) is 0 Å². The first kappa shape index (κ1) is 17.3. The predicted molar refractivity (Wildman–Crippen MR) is 103 cm³/mol. The van der Waals surface area contributed by atoms with Gasteiger partial charge in [0.05, 0.1) is 12.1 Å². The second kappa shape index (κ2) is 8.53. The molecule has 0 saturated carbocycles. The Morgan fingerprint density at radius 1 is 1.16 bits per heavy atom. The van der Waals surface area contributed by atoms with Crippen LogP contribution in [0.1, 0.15) is 30.9 Å². The van der Waals surface area contributed by atoms with Crippen LogP contribution in [0, 0.1) is 0 Å². The zero-order valence-electron chi connectivity index (χ0n) is 14.2. The number of thiazole rings is 1. The van der Waals surface area contributed by atoms with Crippen molar-refractivity contribution in [2.45, 2.75) is 32.6 Å². The maximum Gasteiger partial charge on any atom is 0.230 e. The summed E-state index contributed by atoms with van der Waals surface area (Å²) in [6.07, 6.45) is 7.34. The van der Waals surface area contributed by atoms with E-state index in [0.717, 1.165) is 23.2 Å². The first-order valence-corrected chi connectivity index (χ1v) is 9.36. The molecule has 1 amide bonds. The van der Waals surface area contributed by atoms with E-state index < -0.39 is 0 Å². The Hall–Kier alpha value is -2.53. The van der Waals surface area contributed by atoms with E-state index in [0.29, 0.717) is 11.6 Å². The molecule has 3 aromatic rings. The molecule has 0 unspecified atom stereocenters. The lowest BCUT2D eigenvalue weighted by molar-refractivity contribution is -0.115. The Kier molecular flexibility index (Phi) is 5.90. The lowest BCUT2D eigenvalue weighted by atomic mass is 10.0. The van der Waals surface area contributed by atoms with Crippen LogP contribution in [0.4, 0.5) is 5.13 Å². The van der Waals surface area contributed by atoms with Crippen molar-refractivity contribution in [3.05, 3.63) is 65.3 Å². The molecule has 1 N–H and O–H groups in total. The predicted octanol–water partition coefficient (Wildman–Crippen LogP) is 4.73. The number of aromatic nitrogens is 2. The number of anilines is 1. The summed E-state index contributed by atoms with van der Waals surface area (Å²) < 4.78 is 0. The highest BCUT2D eigenvalue weighted by Gasteiger charge is 2.09. The van der Waals surface area contributed by atoms with Crippen LogP contribution >= 0.6 is 11.3 Å². The maximum atomic E-state index is 12.2. The fourth-order valence-corrected chi connectivity index (χ4v) is 3.27. The normalized spacial score (nSPS) is 10.6. The van der Waals surface area contributed by atoms with Crippen LogP contribution in [0.25, 0.3) is 11.3 Å². The third kappa shape index (κ3) is 4.97. The fourth-order valence-electron chi connectivity index (χ4n) is 2.53. The summed E-state index contributed by atoms with van der Waals surface area (Å²) in [6.45, 7) is 2.19. The second-order valence-electron chi connectivity index (χ2n) is 5.92. The van der Waals surface area contributed by atoms with E-state index in [-0.39, 0.29) is 5.91 Å². The first-order chi connectivity index (χ1) is 12.2. The topological polar surface area (TPSA) is 54.9 Å². The molecule has 0 aliphatic rings. The number of carbonyl (C=O) groups is 1. The van der Waals surface area contributed by atoms with Gasteiger partial charge in [0, 0.05) is 23.3 Å². The summed E-state index contributed by atoms with van der Waals surface area (Å²) in [6, 6.07) is 12.1. The lowest BCUT2D eigenvalue weighted by Crippen LogP contribution is -2.14. The molecule has 2 aromatic heterocycles. The van der Waals surface area contributed by atoms with Gasteiger partial charge in [0.25, 0.3) is 0 Å². The van der Waals surface area contributed by atoms with Gasteiger partial charge in [-0.05, 0) is 36.1 Å². The van der Waals surface area contributed by atoms with Gasteiger partial charge in [-0.1, -0.05) is 37.6 Å². The highest BCUT2D eigenvalue weighted by Crippen LogP contribution is 2.24. The summed E-state index contributed by atoms with van der Waals surface area (Å²) in [5.74, 6) is -0.0478. The van der Waals surface area contributed by atoms with Crippen LogP contribution in [0.15, 0.2) is 54.2 Å². The standard InChI is InChI=1S/C20H21N3OS/c1-2-3-5-15-7-9-16(10-8-15)12-19(24)23-20-22-18(14-25-20)17-6-4-11-21-13-17/h4,6-11,13-14H,2-3,5,12H2,1H3,(H,22,23,24). The molecule has 4 nitrogen and oxygen atoms in total. The number of nitrogens with one attached hydrogen (secondary N) is 1. The number of unbranched alkanes of at least 4 members (excludes halogenated alkanes) is 1. The summed E-state index contributed by atoms with van der Waals surface area (Å²) in [7, 11) is 0. The molecule has 0 saturated heterocycles. The van der Waals surface area contributed by atoms with Crippen LogP contribution in [0.3, 0.4) is 0 Å². The van der Waals surface area contributed by atoms with Crippen LogP contribution in [-0.2, 0) is 17.6 Å². The smallest absolute Gasteiger partial charge is 0.230 e. The van der Waals surface area contributed by atoms with Crippen molar-refractivity contribution in [1.29, 1.82) is 0 Å². The van der Waals surface area contributed by atoms with Crippen molar-refractivity contribution < 1.29 is 4.79 Å². The third-order valence-electron chi connectivity index (χ3n) is 3.91. The minimum Gasteiger partial charge on any atom is -0.302 e. The number of rotatable bonds is 7. The zero-order chi connectivity index (χ0) is 17.5. The van der Waals surface area contributed by atoms with Gasteiger partial charge in [0.15, 0.2) is 5.13 Å². The molecule has 0 aliphatic heterocycles. The lowest BCUT2D eigenvalue weighted by Gasteiger charge is -2.04. The summed E-state index contributed by atoms with van der Waals surface area (Å²) >= 11 is 1.42. The van der Waals surface area contributed by atoms with Gasteiger partial charge >= 0.3 is 0 Å². The molecule has 25 heavy (non-hydrogen) atoms. The van der Waals surface area contributed by atoms with E-state index in [1.807, 2.05) is 29.6 Å². The van der Waals surface area contributed by atoms with Gasteiger partial charge in [-0.2, -0.15) is 0 Å². The summed E-state index contributed by atoms with van der Waals surface area (Å²) in [4.78, 5) is 20.8. The van der Waals surface area contributed by atoms with Gasteiger partial charge in [-0.25, -0.2) is 4.98 Å². The summed E-state index contributed by atoms with van der Waals surface area (Å²) in [5, 5.41) is 5.42. The monoisotopic (exact) mass is 351 g/mol. The molecule has 5 heteroatoms. The van der Waals surface area contributed by atoms with E-state index in [2.05, 4.69) is 34.3 Å². The molecule has 128 valence electrons. The molecule has 3 rings (SSSR count). The molecule has 0 atom stereocenters. The number of amides is 1. The number of hydrogen-bond donors (Lipinski definition) is 1. The van der Waals surface area contributed by atoms with Crippen molar-refractivity contribution in [3.8, 4) is 11.3 Å². The zero-order valence-corrected chi connectivity index (χ0v) is 15.1. The Morgan fingerprint density at radius 3 is 2.68 bits per heavy atom. The number of nitrogens with zero attached hydrogens (tertiary/aromatic N) is 2. The van der Waals surface area contributed by atoms with Crippen molar-refractivity contribution in [1.82, 2.24) is 9.97 Å². The van der Waals surface area contributed by atoms with E-state index in [1.165, 1.54) is 29.7 Å². The maximum absolute atomic E-state index is 12.2. The van der Waals surface area contributed by atoms with E-state index in [1.54, 1.807) is 12.4 Å². The van der Waals surface area contributed by atoms with Gasteiger partial charge in [-0.3, -0.25) is 9.78 Å². The van der Waals surface area contributed by atoms with Crippen molar-refractivity contribution in [2.75, 3.05) is 5.32 Å². The van der Waals surface area contributed by atoms with E-state index in [9.17, 15) is 4.79 Å². The molecule has 0 bridgehead atoms. The average Bonchev–Trinajstić information content (AvgIpc) is 3.10. The Balaban J connectivity index is 1.57. The molecular weight excluding hydrogens is 330 g/mol. The molecule has 0 spiro atoms. The van der Waals surface area contributed by atoms with Gasteiger partial charge < -0.3 is 5.32 Å². The van der Waals surface area contributed by atoms with Crippen LogP contribution in [0.2, 0.25) is 0 Å². The molecule has 0 aliphatic carbocycles. The minimum absolute atomic E-state index is 0.0478. The SMILES string of the molecule is CCCCc1ccc(CC(=O)Nc2nc(-c3cccnc3)cs2)cc1. The second-order valence-corrected chi connectivity index (χ2v) is 6.78. The number of aryl methyl sites for hydroxylation is 1. The van der Waals surface area contributed by atoms with Gasteiger partial charge in [-0.15, -0.1) is 11.3 Å². The highest BCUT2D eigenvalue weighted by atomic mass is 32.1. The van der Waals surface area contributed by atoms with Crippen LogP contribution in [-0.4, -0.2) is 15.9 Å². The van der Waals surface area contributed by atoms with Gasteiger partial charge in [0.1, 0.15) is 0 Å². The number of benzene rings is 1. The Labute approximate surface area is 152 Å². The number of carbonyl (C=O) groups excluding carboxylic acids is 1. The van der Waals surface area contributed by atoms with Crippen LogP contribution < -0.4 is 5.32 Å². The molecule has 1 aromatic carbocycles. The summed E-state index contributed by atoms with van der Waals surface area (Å²) in [5.41, 5.74) is 4.12. The number of hydrogen-bond acceptors (Lipinski definition) is 4. The van der Waals surface area contributed by atoms with Crippen LogP contribution in [0.5, 0.6) is 0 Å². The Morgan fingerprint density at radius 2 is 1.96 bits per heavy atom. The quantitative estimate of drug-likeness (QED) is 0.669.